The molecule has 0 fully saturated rings. The molecular weight excluding hydrogens is 459 g/mol. The molecule has 33 heavy (non-hydrogen) atoms. The van der Waals surface area contributed by atoms with Crippen molar-refractivity contribution in [2.75, 3.05) is 18.5 Å². The Balaban J connectivity index is 1.41. The summed E-state index contributed by atoms with van der Waals surface area (Å²) in [5, 5.41) is 17.1. The van der Waals surface area contributed by atoms with E-state index < -0.39 is 23.8 Å². The molecule has 3 N–H and O–H groups in total. The lowest BCUT2D eigenvalue weighted by molar-refractivity contribution is -0.137. The predicted molar refractivity (Wildman–Crippen MR) is 116 cm³/mol. The van der Waals surface area contributed by atoms with Crippen molar-refractivity contribution in [1.29, 1.82) is 0 Å². The molecule has 0 aliphatic rings. The Morgan fingerprint density at radius 1 is 1.12 bits per heavy atom. The monoisotopic (exact) mass is 479 g/mol. The molecule has 2 amide bonds. The fraction of sp³-hybridized carbons (Fsp3) is 0.227. The van der Waals surface area contributed by atoms with Crippen molar-refractivity contribution in [3.05, 3.63) is 76.8 Å². The first-order chi connectivity index (χ1) is 15.7. The van der Waals surface area contributed by atoms with Gasteiger partial charge in [0, 0.05) is 17.5 Å². The van der Waals surface area contributed by atoms with Gasteiger partial charge in [0.15, 0.2) is 5.13 Å². The molecule has 11 heteroatoms. The van der Waals surface area contributed by atoms with Crippen LogP contribution in [-0.4, -0.2) is 41.2 Å². The van der Waals surface area contributed by atoms with E-state index in [9.17, 15) is 27.9 Å². The maximum atomic E-state index is 12.7. The molecule has 1 aromatic heterocycles. The standard InChI is InChI=1S/C22H20F3N3O4S/c23-22(24,25)15-7-4-8-18(9-15)32-12-17(29)11-26-19(30)10-16-13-33-21(27-16)28-20(31)14-5-2-1-3-6-14/h1-9,13,17,29H,10-12H2,(H,26,30)(H,27,28,31). The minimum atomic E-state index is -4.49. The molecule has 0 aliphatic heterocycles. The minimum Gasteiger partial charge on any atom is -0.491 e. The number of halogens is 3. The third-order valence-electron chi connectivity index (χ3n) is 4.29. The molecule has 0 saturated heterocycles. The minimum absolute atomic E-state index is 0.0391. The van der Waals surface area contributed by atoms with Crippen LogP contribution in [0.3, 0.4) is 0 Å². The number of nitrogens with zero attached hydrogens (tertiary/aromatic N) is 1. The third kappa shape index (κ3) is 7.58. The van der Waals surface area contributed by atoms with Gasteiger partial charge in [-0.3, -0.25) is 14.9 Å². The smallest absolute Gasteiger partial charge is 0.416 e. The van der Waals surface area contributed by atoms with Crippen molar-refractivity contribution in [3.8, 4) is 5.75 Å². The Kier molecular flexibility index (Phi) is 8.01. The highest BCUT2D eigenvalue weighted by Gasteiger charge is 2.30. The first-order valence-electron chi connectivity index (χ1n) is 9.76. The number of hydrogen-bond donors (Lipinski definition) is 3. The molecule has 2 aromatic carbocycles. The Bertz CT molecular complexity index is 1090. The predicted octanol–water partition coefficient (Wildman–Crippen LogP) is 3.51. The average Bonchev–Trinajstić information content (AvgIpc) is 3.23. The summed E-state index contributed by atoms with van der Waals surface area (Å²) in [6.07, 6.45) is -5.69. The number of anilines is 1. The summed E-state index contributed by atoms with van der Waals surface area (Å²) in [4.78, 5) is 28.4. The van der Waals surface area contributed by atoms with Gasteiger partial charge in [0.2, 0.25) is 5.91 Å². The number of carbonyl (C=O) groups is 2. The Hall–Kier alpha value is -3.44. The second kappa shape index (κ2) is 10.9. The van der Waals surface area contributed by atoms with Crippen molar-refractivity contribution in [1.82, 2.24) is 10.3 Å². The summed E-state index contributed by atoms with van der Waals surface area (Å²) >= 11 is 1.17. The molecule has 3 rings (SSSR count). The summed E-state index contributed by atoms with van der Waals surface area (Å²) in [5.74, 6) is -0.771. The normalized spacial score (nSPS) is 12.1. The quantitative estimate of drug-likeness (QED) is 0.436. The van der Waals surface area contributed by atoms with E-state index in [0.717, 1.165) is 12.1 Å². The Morgan fingerprint density at radius 3 is 2.61 bits per heavy atom. The topological polar surface area (TPSA) is 101 Å². The zero-order valence-corrected chi connectivity index (χ0v) is 17.9. The van der Waals surface area contributed by atoms with Crippen molar-refractivity contribution in [3.63, 3.8) is 0 Å². The maximum absolute atomic E-state index is 12.7. The van der Waals surface area contributed by atoms with E-state index in [1.165, 1.54) is 23.5 Å². The zero-order chi connectivity index (χ0) is 23.8. The first-order valence-corrected chi connectivity index (χ1v) is 10.6. The molecular formula is C22H20F3N3O4S. The van der Waals surface area contributed by atoms with E-state index >= 15 is 0 Å². The Labute approximate surface area is 191 Å². The lowest BCUT2D eigenvalue weighted by Crippen LogP contribution is -2.36. The van der Waals surface area contributed by atoms with E-state index in [0.29, 0.717) is 16.4 Å². The number of amides is 2. The Morgan fingerprint density at radius 2 is 1.88 bits per heavy atom. The van der Waals surface area contributed by atoms with E-state index in [1.807, 2.05) is 0 Å². The van der Waals surface area contributed by atoms with E-state index in [-0.39, 0.29) is 31.2 Å². The number of aliphatic hydroxyl groups excluding tert-OH is 1. The number of aliphatic hydroxyl groups is 1. The molecule has 0 saturated carbocycles. The van der Waals surface area contributed by atoms with Crippen LogP contribution < -0.4 is 15.4 Å². The van der Waals surface area contributed by atoms with Crippen LogP contribution >= 0.6 is 11.3 Å². The van der Waals surface area contributed by atoms with Crippen molar-refractivity contribution in [2.24, 2.45) is 0 Å². The summed E-state index contributed by atoms with van der Waals surface area (Å²) in [5.41, 5.74) is 0.0642. The summed E-state index contributed by atoms with van der Waals surface area (Å²) < 4.78 is 43.3. The third-order valence-corrected chi connectivity index (χ3v) is 5.10. The fourth-order valence-corrected chi connectivity index (χ4v) is 3.38. The summed E-state index contributed by atoms with van der Waals surface area (Å²) in [6, 6.07) is 12.9. The first kappa shape index (κ1) is 24.2. The van der Waals surface area contributed by atoms with Crippen molar-refractivity contribution in [2.45, 2.75) is 18.7 Å². The molecule has 174 valence electrons. The average molecular weight is 479 g/mol. The number of thiazole rings is 1. The number of carbonyl (C=O) groups excluding carboxylic acids is 2. The largest absolute Gasteiger partial charge is 0.491 e. The van der Waals surface area contributed by atoms with Crippen LogP contribution in [0.15, 0.2) is 60.0 Å². The van der Waals surface area contributed by atoms with Gasteiger partial charge in [-0.1, -0.05) is 24.3 Å². The molecule has 0 aliphatic carbocycles. The van der Waals surface area contributed by atoms with Crippen LogP contribution in [0.5, 0.6) is 5.75 Å². The lowest BCUT2D eigenvalue weighted by atomic mass is 10.2. The molecule has 0 radical (unpaired) electrons. The van der Waals surface area contributed by atoms with Crippen LogP contribution in [0.4, 0.5) is 18.3 Å². The van der Waals surface area contributed by atoms with Crippen LogP contribution in [0.25, 0.3) is 0 Å². The van der Waals surface area contributed by atoms with Gasteiger partial charge in [0.25, 0.3) is 5.91 Å². The SMILES string of the molecule is O=C(Cc1csc(NC(=O)c2ccccc2)n1)NCC(O)COc1cccc(C(F)(F)F)c1. The van der Waals surface area contributed by atoms with Crippen LogP contribution in [0.1, 0.15) is 21.6 Å². The highest BCUT2D eigenvalue weighted by Crippen LogP contribution is 2.31. The summed E-state index contributed by atoms with van der Waals surface area (Å²) in [6.45, 7) is -0.451. The van der Waals surface area contributed by atoms with Gasteiger partial charge < -0.3 is 15.2 Å². The number of hydrogen-bond acceptors (Lipinski definition) is 6. The number of aromatic nitrogens is 1. The van der Waals surface area contributed by atoms with Gasteiger partial charge in [-0.2, -0.15) is 13.2 Å². The van der Waals surface area contributed by atoms with Gasteiger partial charge in [-0.15, -0.1) is 11.3 Å². The van der Waals surface area contributed by atoms with Gasteiger partial charge in [-0.05, 0) is 30.3 Å². The maximum Gasteiger partial charge on any atom is 0.416 e. The van der Waals surface area contributed by atoms with Crippen molar-refractivity contribution < 1.29 is 32.6 Å². The van der Waals surface area contributed by atoms with Gasteiger partial charge >= 0.3 is 6.18 Å². The highest BCUT2D eigenvalue weighted by molar-refractivity contribution is 7.14. The molecule has 0 bridgehead atoms. The van der Waals surface area contributed by atoms with Crippen molar-refractivity contribution >= 4 is 28.3 Å². The van der Waals surface area contributed by atoms with E-state index in [2.05, 4.69) is 15.6 Å². The molecule has 1 atom stereocenters. The fourth-order valence-electron chi connectivity index (χ4n) is 2.68. The second-order valence-corrected chi connectivity index (χ2v) is 7.79. The van der Waals surface area contributed by atoms with Crippen LogP contribution in [0.2, 0.25) is 0 Å². The molecule has 7 nitrogen and oxygen atoms in total. The number of alkyl halides is 3. The van der Waals surface area contributed by atoms with E-state index in [1.54, 1.807) is 35.7 Å². The van der Waals surface area contributed by atoms with E-state index in [4.69, 9.17) is 4.74 Å². The number of benzene rings is 2. The highest BCUT2D eigenvalue weighted by atomic mass is 32.1. The zero-order valence-electron chi connectivity index (χ0n) is 17.1. The summed E-state index contributed by atoms with van der Waals surface area (Å²) in [7, 11) is 0. The van der Waals surface area contributed by atoms with Gasteiger partial charge in [0.05, 0.1) is 17.7 Å². The van der Waals surface area contributed by atoms with Gasteiger partial charge in [0.1, 0.15) is 18.5 Å². The molecule has 0 spiro atoms. The molecule has 1 unspecified atom stereocenters. The number of rotatable bonds is 9. The lowest BCUT2D eigenvalue weighted by Gasteiger charge is -2.14. The van der Waals surface area contributed by atoms with Crippen LogP contribution in [-0.2, 0) is 17.4 Å². The van der Waals surface area contributed by atoms with Crippen LogP contribution in [0, 0.1) is 0 Å². The molecule has 1 heterocycles. The van der Waals surface area contributed by atoms with Gasteiger partial charge in [-0.25, -0.2) is 4.98 Å². The molecule has 3 aromatic rings. The number of nitrogens with one attached hydrogen (secondary N) is 2. The number of ether oxygens (including phenoxy) is 1. The second-order valence-electron chi connectivity index (χ2n) is 6.94.